The fraction of sp³-hybridized carbons (Fsp3) is 0.526. The van der Waals surface area contributed by atoms with E-state index in [9.17, 15) is 9.90 Å². The molecule has 1 aliphatic carbocycles. The molecule has 1 heterocycles. The number of rotatable bonds is 6. The quantitative estimate of drug-likeness (QED) is 0.641. The zero-order valence-electron chi connectivity index (χ0n) is 15.6. The van der Waals surface area contributed by atoms with Crippen LogP contribution in [0.2, 0.25) is 0 Å². The standard InChI is InChI=1S/C19H25BrN4O2S/c1-3-24-18(14-10-13(20)8-9-16(14)25)22-23-19(24)27-11-17(26)21-15-7-5-4-6-12(15)2/h8-10,12,15,25H,3-7,11H2,1-2H3,(H,21,26)/t12-,15+/m1/s1. The molecule has 0 radical (unpaired) electrons. The van der Waals surface area contributed by atoms with E-state index in [2.05, 4.69) is 38.4 Å². The fourth-order valence-electron chi connectivity index (χ4n) is 3.48. The van der Waals surface area contributed by atoms with Crippen molar-refractivity contribution in [2.75, 3.05) is 5.75 Å². The zero-order valence-corrected chi connectivity index (χ0v) is 18.0. The summed E-state index contributed by atoms with van der Waals surface area (Å²) in [5.41, 5.74) is 0.617. The monoisotopic (exact) mass is 452 g/mol. The number of hydrogen-bond donors (Lipinski definition) is 2. The van der Waals surface area contributed by atoms with Crippen molar-refractivity contribution in [2.24, 2.45) is 5.92 Å². The Balaban J connectivity index is 1.68. The highest BCUT2D eigenvalue weighted by molar-refractivity contribution is 9.10. The normalized spacial score (nSPS) is 19.8. The summed E-state index contributed by atoms with van der Waals surface area (Å²) in [4.78, 5) is 12.4. The third-order valence-electron chi connectivity index (χ3n) is 5.02. The first kappa shape index (κ1) is 20.2. The number of nitrogens with one attached hydrogen (secondary N) is 1. The predicted molar refractivity (Wildman–Crippen MR) is 111 cm³/mol. The van der Waals surface area contributed by atoms with Crippen LogP contribution in [0.25, 0.3) is 11.4 Å². The van der Waals surface area contributed by atoms with Crippen LogP contribution in [0.15, 0.2) is 27.8 Å². The third kappa shape index (κ3) is 4.85. The Morgan fingerprint density at radius 2 is 2.15 bits per heavy atom. The molecular weight excluding hydrogens is 428 g/mol. The Kier molecular flexibility index (Phi) is 6.81. The Bertz CT molecular complexity index is 811. The summed E-state index contributed by atoms with van der Waals surface area (Å²) in [7, 11) is 0. The molecule has 8 heteroatoms. The van der Waals surface area contributed by atoms with Crippen LogP contribution in [-0.2, 0) is 11.3 Å². The molecule has 0 aliphatic heterocycles. The van der Waals surface area contributed by atoms with E-state index in [-0.39, 0.29) is 17.7 Å². The van der Waals surface area contributed by atoms with Gasteiger partial charge in [-0.1, -0.05) is 47.5 Å². The van der Waals surface area contributed by atoms with E-state index >= 15 is 0 Å². The first-order valence-electron chi connectivity index (χ1n) is 9.33. The Morgan fingerprint density at radius 3 is 2.89 bits per heavy atom. The molecule has 2 N–H and O–H groups in total. The molecule has 1 aromatic heterocycles. The molecule has 1 aromatic carbocycles. The molecule has 2 aromatic rings. The lowest BCUT2D eigenvalue weighted by Gasteiger charge is -2.29. The van der Waals surface area contributed by atoms with Crippen molar-refractivity contribution in [3.8, 4) is 17.1 Å². The van der Waals surface area contributed by atoms with Gasteiger partial charge in [-0.15, -0.1) is 10.2 Å². The number of hydrogen-bond acceptors (Lipinski definition) is 5. The van der Waals surface area contributed by atoms with E-state index in [1.807, 2.05) is 17.6 Å². The maximum atomic E-state index is 12.4. The number of carbonyl (C=O) groups excluding carboxylic acids is 1. The highest BCUT2D eigenvalue weighted by atomic mass is 79.9. The van der Waals surface area contributed by atoms with Gasteiger partial charge in [-0.05, 0) is 43.9 Å². The molecule has 0 unspecified atom stereocenters. The van der Waals surface area contributed by atoms with Crippen molar-refractivity contribution in [2.45, 2.75) is 57.3 Å². The van der Waals surface area contributed by atoms with Gasteiger partial charge in [-0.2, -0.15) is 0 Å². The van der Waals surface area contributed by atoms with E-state index in [0.717, 1.165) is 10.9 Å². The number of aromatic hydroxyl groups is 1. The highest BCUT2D eigenvalue weighted by Crippen LogP contribution is 2.32. The summed E-state index contributed by atoms with van der Waals surface area (Å²) >= 11 is 4.80. The van der Waals surface area contributed by atoms with Crippen molar-refractivity contribution >= 4 is 33.6 Å². The van der Waals surface area contributed by atoms with Gasteiger partial charge >= 0.3 is 0 Å². The second-order valence-electron chi connectivity index (χ2n) is 6.94. The van der Waals surface area contributed by atoms with Gasteiger partial charge in [0, 0.05) is 17.1 Å². The molecule has 0 spiro atoms. The molecule has 6 nitrogen and oxygen atoms in total. The Labute approximate surface area is 172 Å². The minimum Gasteiger partial charge on any atom is -0.507 e. The molecule has 1 fully saturated rings. The average molecular weight is 453 g/mol. The lowest BCUT2D eigenvalue weighted by Crippen LogP contribution is -2.41. The summed E-state index contributed by atoms with van der Waals surface area (Å²) in [6, 6.07) is 5.50. The van der Waals surface area contributed by atoms with E-state index in [0.29, 0.717) is 34.8 Å². The van der Waals surface area contributed by atoms with Gasteiger partial charge in [-0.3, -0.25) is 4.79 Å². The summed E-state index contributed by atoms with van der Waals surface area (Å²) in [6.45, 7) is 4.86. The Morgan fingerprint density at radius 1 is 1.37 bits per heavy atom. The minimum absolute atomic E-state index is 0.0382. The summed E-state index contributed by atoms with van der Waals surface area (Å²) < 4.78 is 2.78. The largest absolute Gasteiger partial charge is 0.507 e. The van der Waals surface area contributed by atoms with Gasteiger partial charge < -0.3 is 15.0 Å². The Hall–Kier alpha value is -1.54. The fourth-order valence-corrected chi connectivity index (χ4v) is 4.65. The van der Waals surface area contributed by atoms with Crippen LogP contribution in [0.3, 0.4) is 0 Å². The molecule has 0 bridgehead atoms. The molecule has 2 atom stereocenters. The van der Waals surface area contributed by atoms with Crippen LogP contribution in [0.5, 0.6) is 5.75 Å². The number of aromatic nitrogens is 3. The number of carbonyl (C=O) groups is 1. The lowest BCUT2D eigenvalue weighted by atomic mass is 9.86. The van der Waals surface area contributed by atoms with Crippen molar-refractivity contribution in [1.29, 1.82) is 0 Å². The molecule has 146 valence electrons. The number of thioether (sulfide) groups is 1. The lowest BCUT2D eigenvalue weighted by molar-refractivity contribution is -0.119. The van der Waals surface area contributed by atoms with Gasteiger partial charge in [0.05, 0.1) is 11.3 Å². The average Bonchev–Trinajstić information content (AvgIpc) is 3.06. The molecule has 3 rings (SSSR count). The van der Waals surface area contributed by atoms with Gasteiger partial charge in [-0.25, -0.2) is 0 Å². The van der Waals surface area contributed by atoms with Crippen LogP contribution in [0, 0.1) is 5.92 Å². The molecule has 1 aliphatic rings. The predicted octanol–water partition coefficient (Wildman–Crippen LogP) is 4.22. The van der Waals surface area contributed by atoms with E-state index in [1.54, 1.807) is 12.1 Å². The third-order valence-corrected chi connectivity index (χ3v) is 6.48. The van der Waals surface area contributed by atoms with Gasteiger partial charge in [0.25, 0.3) is 0 Å². The summed E-state index contributed by atoms with van der Waals surface area (Å²) in [6.07, 6.45) is 4.69. The number of phenolic OH excluding ortho intramolecular Hbond substituents is 1. The first-order chi connectivity index (χ1) is 13.0. The number of nitrogens with zero attached hydrogens (tertiary/aromatic N) is 3. The van der Waals surface area contributed by atoms with E-state index < -0.39 is 0 Å². The van der Waals surface area contributed by atoms with Crippen molar-refractivity contribution in [3.05, 3.63) is 22.7 Å². The maximum absolute atomic E-state index is 12.4. The number of amides is 1. The molecule has 0 saturated heterocycles. The first-order valence-corrected chi connectivity index (χ1v) is 11.1. The molecule has 27 heavy (non-hydrogen) atoms. The van der Waals surface area contributed by atoms with Gasteiger partial charge in [0.1, 0.15) is 5.75 Å². The van der Waals surface area contributed by atoms with Crippen molar-refractivity contribution in [3.63, 3.8) is 0 Å². The topological polar surface area (TPSA) is 80.0 Å². The van der Waals surface area contributed by atoms with Crippen molar-refractivity contribution < 1.29 is 9.90 Å². The SMILES string of the molecule is CCn1c(SCC(=O)N[C@H]2CCCC[C@H]2C)nnc1-c1cc(Br)ccc1O. The van der Waals surface area contributed by atoms with Crippen LogP contribution in [0.4, 0.5) is 0 Å². The van der Waals surface area contributed by atoms with Crippen molar-refractivity contribution in [1.82, 2.24) is 20.1 Å². The smallest absolute Gasteiger partial charge is 0.230 e. The number of phenols is 1. The molecular formula is C19H25BrN4O2S. The summed E-state index contributed by atoms with van der Waals surface area (Å²) in [5, 5.41) is 22.5. The number of benzene rings is 1. The van der Waals surface area contributed by atoms with Crippen LogP contribution in [0.1, 0.15) is 39.5 Å². The minimum atomic E-state index is 0.0382. The molecule has 1 saturated carbocycles. The van der Waals surface area contributed by atoms with Crippen LogP contribution in [-0.4, -0.2) is 37.6 Å². The highest BCUT2D eigenvalue weighted by Gasteiger charge is 2.23. The van der Waals surface area contributed by atoms with Gasteiger partial charge in [0.2, 0.25) is 5.91 Å². The maximum Gasteiger partial charge on any atom is 0.230 e. The molecule has 1 amide bonds. The van der Waals surface area contributed by atoms with Crippen LogP contribution < -0.4 is 5.32 Å². The van der Waals surface area contributed by atoms with E-state index in [1.165, 1.54) is 31.0 Å². The second kappa shape index (κ2) is 9.10. The van der Waals surface area contributed by atoms with Gasteiger partial charge in [0.15, 0.2) is 11.0 Å². The number of halogens is 1. The van der Waals surface area contributed by atoms with E-state index in [4.69, 9.17) is 0 Å². The zero-order chi connectivity index (χ0) is 19.4. The summed E-state index contributed by atoms with van der Waals surface area (Å²) in [5.74, 6) is 1.64. The second-order valence-corrected chi connectivity index (χ2v) is 8.79. The van der Waals surface area contributed by atoms with Crippen LogP contribution >= 0.6 is 27.7 Å².